The van der Waals surface area contributed by atoms with Crippen LogP contribution in [0.1, 0.15) is 49.0 Å². The average Bonchev–Trinajstić information content (AvgIpc) is 3.47. The van der Waals surface area contributed by atoms with Crippen molar-refractivity contribution in [2.45, 2.75) is 63.9 Å². The van der Waals surface area contributed by atoms with Gasteiger partial charge in [-0.2, -0.15) is 0 Å². The number of aliphatic hydroxyl groups is 1. The molecule has 0 spiro atoms. The van der Waals surface area contributed by atoms with Crippen LogP contribution in [-0.2, 0) is 36.9 Å². The molecule has 1 saturated heterocycles. The highest BCUT2D eigenvalue weighted by Crippen LogP contribution is 2.29. The van der Waals surface area contributed by atoms with E-state index in [0.717, 1.165) is 5.56 Å². The van der Waals surface area contributed by atoms with Gasteiger partial charge < -0.3 is 35.1 Å². The molecule has 3 amide bonds. The largest absolute Gasteiger partial charge is 0.388 e. The molecule has 2 unspecified atom stereocenters. The average molecular weight is 545 g/mol. The Morgan fingerprint density at radius 1 is 1.05 bits per heavy atom. The number of rotatable bonds is 15. The van der Waals surface area contributed by atoms with Crippen LogP contribution < -0.4 is 16.0 Å². The van der Waals surface area contributed by atoms with Gasteiger partial charge in [0.25, 0.3) is 5.91 Å². The number of Topliss-reactive ketones (excluding diaryl/α,β-unsaturated/α-hetero) is 1. The second-order valence-electron chi connectivity index (χ2n) is 10.1. The Bertz CT molecular complexity index is 1150. The van der Waals surface area contributed by atoms with Crippen LogP contribution >= 0.6 is 0 Å². The third-order valence-corrected chi connectivity index (χ3v) is 6.26. The molecule has 1 fully saturated rings. The molecule has 39 heavy (non-hydrogen) atoms. The van der Waals surface area contributed by atoms with E-state index in [0.29, 0.717) is 13.0 Å². The molecule has 1 aliphatic heterocycles. The Kier molecular flexibility index (Phi) is 10.3. The van der Waals surface area contributed by atoms with Crippen LogP contribution in [0.15, 0.2) is 40.9 Å². The van der Waals surface area contributed by atoms with Gasteiger partial charge in [-0.25, -0.2) is 0 Å². The van der Waals surface area contributed by atoms with E-state index in [4.69, 9.17) is 19.1 Å². The van der Waals surface area contributed by atoms with Gasteiger partial charge in [0, 0.05) is 19.6 Å². The highest BCUT2D eigenvalue weighted by molar-refractivity contribution is 5.99. The molecule has 2 heterocycles. The number of hydrogen-bond acceptors (Lipinski definition) is 9. The number of benzene rings is 1. The van der Waals surface area contributed by atoms with Crippen LogP contribution in [-0.4, -0.2) is 77.8 Å². The van der Waals surface area contributed by atoms with Gasteiger partial charge in [0.2, 0.25) is 11.8 Å². The molecule has 12 heteroatoms. The van der Waals surface area contributed by atoms with Gasteiger partial charge in [-0.15, -0.1) is 0 Å². The van der Waals surface area contributed by atoms with E-state index in [1.807, 2.05) is 44.2 Å². The lowest BCUT2D eigenvalue weighted by molar-refractivity contribution is -0.133. The predicted octanol–water partition coefficient (Wildman–Crippen LogP) is 0.528. The highest BCUT2D eigenvalue weighted by atomic mass is 16.6. The van der Waals surface area contributed by atoms with Gasteiger partial charge in [0.1, 0.15) is 24.3 Å². The van der Waals surface area contributed by atoms with E-state index in [1.165, 1.54) is 13.2 Å². The first-order chi connectivity index (χ1) is 18.6. The van der Waals surface area contributed by atoms with E-state index >= 15 is 0 Å². The minimum absolute atomic E-state index is 0.0865. The smallest absolute Gasteiger partial charge is 0.274 e. The summed E-state index contributed by atoms with van der Waals surface area (Å²) < 4.78 is 15.3. The summed E-state index contributed by atoms with van der Waals surface area (Å²) in [6, 6.07) is 7.33. The number of ether oxygens (including phenoxy) is 2. The van der Waals surface area contributed by atoms with E-state index < -0.39 is 48.1 Å². The van der Waals surface area contributed by atoms with E-state index in [2.05, 4.69) is 21.1 Å². The number of amides is 3. The van der Waals surface area contributed by atoms with Gasteiger partial charge >= 0.3 is 0 Å². The molecule has 2 aromatic rings. The minimum Gasteiger partial charge on any atom is -0.388 e. The third kappa shape index (κ3) is 8.44. The summed E-state index contributed by atoms with van der Waals surface area (Å²) in [6.07, 6.45) is 0.553. The summed E-state index contributed by atoms with van der Waals surface area (Å²) >= 11 is 0. The SMILES string of the molecule is COCC(NC(=O)c1cc(CO)on1)C(=O)N[C@@H](Cc1ccccc1)C(=O)NC(CC(C)C)C(=O)[C@@]1(C)CO1. The highest BCUT2D eigenvalue weighted by Gasteiger charge is 2.50. The van der Waals surface area contributed by atoms with Crippen LogP contribution in [0.3, 0.4) is 0 Å². The van der Waals surface area contributed by atoms with E-state index in [-0.39, 0.29) is 36.2 Å². The fraction of sp³-hybridized carbons (Fsp3) is 0.519. The van der Waals surface area contributed by atoms with E-state index in [9.17, 15) is 19.2 Å². The maximum atomic E-state index is 13.5. The fourth-order valence-corrected chi connectivity index (χ4v) is 4.00. The van der Waals surface area contributed by atoms with Gasteiger partial charge in [0.05, 0.1) is 19.3 Å². The van der Waals surface area contributed by atoms with Crippen molar-refractivity contribution in [3.63, 3.8) is 0 Å². The second-order valence-corrected chi connectivity index (χ2v) is 10.1. The molecular formula is C27H36N4O8. The van der Waals surface area contributed by atoms with Crippen LogP contribution in [0.4, 0.5) is 0 Å². The molecule has 4 N–H and O–H groups in total. The van der Waals surface area contributed by atoms with Gasteiger partial charge in [-0.05, 0) is 24.8 Å². The van der Waals surface area contributed by atoms with Crippen molar-refractivity contribution in [1.29, 1.82) is 0 Å². The molecule has 212 valence electrons. The summed E-state index contributed by atoms with van der Waals surface area (Å²) in [7, 11) is 1.36. The molecule has 1 aromatic carbocycles. The molecule has 3 rings (SSSR count). The molecule has 4 atom stereocenters. The lowest BCUT2D eigenvalue weighted by atomic mass is 9.93. The first-order valence-electron chi connectivity index (χ1n) is 12.8. The van der Waals surface area contributed by atoms with Gasteiger partial charge in [-0.3, -0.25) is 19.2 Å². The Labute approximate surface area is 226 Å². The first kappa shape index (κ1) is 29.9. The number of methoxy groups -OCH3 is 1. The molecule has 0 bridgehead atoms. The van der Waals surface area contributed by atoms with Crippen LogP contribution in [0.5, 0.6) is 0 Å². The number of aliphatic hydroxyl groups excluding tert-OH is 1. The summed E-state index contributed by atoms with van der Waals surface area (Å²) in [6.45, 7) is 5.25. The second kappa shape index (κ2) is 13.5. The molecule has 0 saturated carbocycles. The third-order valence-electron chi connectivity index (χ3n) is 6.26. The Morgan fingerprint density at radius 2 is 1.69 bits per heavy atom. The predicted molar refractivity (Wildman–Crippen MR) is 138 cm³/mol. The maximum Gasteiger partial charge on any atom is 0.274 e. The maximum absolute atomic E-state index is 13.5. The number of nitrogens with zero attached hydrogens (tertiary/aromatic N) is 1. The number of carbonyl (C=O) groups is 4. The monoisotopic (exact) mass is 544 g/mol. The Hall–Kier alpha value is -3.61. The molecule has 1 aromatic heterocycles. The van der Waals surface area contributed by atoms with Crippen LogP contribution in [0.25, 0.3) is 0 Å². The summed E-state index contributed by atoms with van der Waals surface area (Å²) in [5.74, 6) is -1.94. The van der Waals surface area contributed by atoms with Crippen LogP contribution in [0.2, 0.25) is 0 Å². The van der Waals surface area contributed by atoms with Crippen molar-refractivity contribution < 1.29 is 38.3 Å². The van der Waals surface area contributed by atoms with Crippen molar-refractivity contribution in [2.24, 2.45) is 5.92 Å². The standard InChI is InChI=1S/C27H36N4O8/c1-16(2)10-19(23(33)27(3)15-38-27)28-24(34)20(11-17-8-6-5-7-9-17)29-26(36)22(14-37-4)30-25(35)21-12-18(13-32)39-31-21/h5-9,12,16,19-20,22,32H,10-11,13-15H2,1-4H3,(H,28,34)(H,29,36)(H,30,35)/t19?,20-,22?,27+/m0/s1. The molecular weight excluding hydrogens is 508 g/mol. The number of aromatic nitrogens is 1. The summed E-state index contributed by atoms with van der Waals surface area (Å²) in [4.78, 5) is 52.5. The quantitative estimate of drug-likeness (QED) is 0.233. The normalized spacial score (nSPS) is 18.6. The number of carbonyl (C=O) groups excluding carboxylic acids is 4. The number of epoxide rings is 1. The van der Waals surface area contributed by atoms with Crippen molar-refractivity contribution >= 4 is 23.5 Å². The van der Waals surface area contributed by atoms with Gasteiger partial charge in [0.15, 0.2) is 17.2 Å². The zero-order valence-electron chi connectivity index (χ0n) is 22.6. The van der Waals surface area contributed by atoms with E-state index in [1.54, 1.807) is 6.92 Å². The Balaban J connectivity index is 1.77. The zero-order valence-corrected chi connectivity index (χ0v) is 22.6. The topological polar surface area (TPSA) is 172 Å². The van der Waals surface area contributed by atoms with Crippen LogP contribution in [0, 0.1) is 5.92 Å². The minimum atomic E-state index is -1.17. The summed E-state index contributed by atoms with van der Waals surface area (Å²) in [5.41, 5.74) is -0.262. The van der Waals surface area contributed by atoms with Crippen molar-refractivity contribution in [1.82, 2.24) is 21.1 Å². The van der Waals surface area contributed by atoms with Crippen molar-refractivity contribution in [3.8, 4) is 0 Å². The Morgan fingerprint density at radius 3 is 2.26 bits per heavy atom. The van der Waals surface area contributed by atoms with Crippen molar-refractivity contribution in [2.75, 3.05) is 20.3 Å². The lowest BCUT2D eigenvalue weighted by Crippen LogP contribution is -2.58. The molecule has 1 aliphatic rings. The zero-order chi connectivity index (χ0) is 28.6. The first-order valence-corrected chi connectivity index (χ1v) is 12.8. The number of hydrogen-bond donors (Lipinski definition) is 4. The van der Waals surface area contributed by atoms with Gasteiger partial charge in [-0.1, -0.05) is 49.3 Å². The number of ketones is 1. The van der Waals surface area contributed by atoms with Crippen molar-refractivity contribution in [3.05, 3.63) is 53.4 Å². The molecule has 0 radical (unpaired) electrons. The molecule has 12 nitrogen and oxygen atoms in total. The summed E-state index contributed by atoms with van der Waals surface area (Å²) in [5, 5.41) is 20.7. The lowest BCUT2D eigenvalue weighted by Gasteiger charge is -2.26. The fourth-order valence-electron chi connectivity index (χ4n) is 4.00. The molecule has 0 aliphatic carbocycles. The number of nitrogens with one attached hydrogen (secondary N) is 3.